The molecule has 0 aliphatic carbocycles. The van der Waals surface area contributed by atoms with E-state index in [0.717, 1.165) is 31.7 Å². The molecule has 1 unspecified atom stereocenters. The van der Waals surface area contributed by atoms with Crippen LogP contribution in [0, 0.1) is 0 Å². The summed E-state index contributed by atoms with van der Waals surface area (Å²) in [5.41, 5.74) is 2.56. The van der Waals surface area contributed by atoms with E-state index < -0.39 is 0 Å². The number of anilines is 1. The maximum atomic E-state index is 13.0. The van der Waals surface area contributed by atoms with Crippen molar-refractivity contribution in [3.63, 3.8) is 0 Å². The van der Waals surface area contributed by atoms with Crippen molar-refractivity contribution in [1.82, 2.24) is 5.32 Å². The number of rotatable bonds is 5. The zero-order valence-electron chi connectivity index (χ0n) is 17.0. The second kappa shape index (κ2) is 8.21. The fourth-order valence-corrected chi connectivity index (χ4v) is 3.96. The van der Waals surface area contributed by atoms with Crippen molar-refractivity contribution in [3.8, 4) is 23.0 Å². The minimum absolute atomic E-state index is 0.0414. The fraction of sp³-hybridized carbons (Fsp3) is 0.409. The molecule has 1 saturated heterocycles. The minimum atomic E-state index is -0.352. The first-order valence-electron chi connectivity index (χ1n) is 9.74. The summed E-state index contributed by atoms with van der Waals surface area (Å²) in [6.45, 7) is 3.97. The number of hydrogen-bond donors (Lipinski definition) is 1. The lowest BCUT2D eigenvalue weighted by Crippen LogP contribution is -2.43. The van der Waals surface area contributed by atoms with Gasteiger partial charge in [0.25, 0.3) is 0 Å². The van der Waals surface area contributed by atoms with Crippen LogP contribution in [-0.4, -0.2) is 53.3 Å². The molecule has 1 N–H and O–H groups in total. The predicted molar refractivity (Wildman–Crippen MR) is 110 cm³/mol. The van der Waals surface area contributed by atoms with E-state index in [0.29, 0.717) is 28.6 Å². The smallest absolute Gasteiger partial charge is 0.204 e. The third-order valence-electron chi connectivity index (χ3n) is 5.46. The van der Waals surface area contributed by atoms with Gasteiger partial charge in [-0.15, -0.1) is 0 Å². The SMILES string of the molecule is COc1cc2c(c(OC)c1OC)C(=O)CC(c1ccc(N3CCNCC3)cc1)O2. The first kappa shape index (κ1) is 19.4. The Balaban J connectivity index is 1.62. The Morgan fingerprint density at radius 3 is 2.31 bits per heavy atom. The number of hydrogen-bond acceptors (Lipinski definition) is 7. The van der Waals surface area contributed by atoms with Crippen molar-refractivity contribution in [3.05, 3.63) is 41.5 Å². The minimum Gasteiger partial charge on any atom is -0.493 e. The zero-order chi connectivity index (χ0) is 20.4. The van der Waals surface area contributed by atoms with E-state index in [1.54, 1.807) is 13.2 Å². The Kier molecular flexibility index (Phi) is 5.49. The number of piperazine rings is 1. The number of fused-ring (bicyclic) bond motifs is 1. The largest absolute Gasteiger partial charge is 0.493 e. The summed E-state index contributed by atoms with van der Waals surface area (Å²) in [4.78, 5) is 15.3. The van der Waals surface area contributed by atoms with E-state index in [-0.39, 0.29) is 18.3 Å². The summed E-state index contributed by atoms with van der Waals surface area (Å²) in [5.74, 6) is 1.61. The van der Waals surface area contributed by atoms with Gasteiger partial charge < -0.3 is 29.2 Å². The molecule has 0 spiro atoms. The standard InChI is InChI=1S/C22H26N2O5/c1-26-19-13-18-20(22(28-3)21(19)27-2)16(25)12-17(29-18)14-4-6-15(7-5-14)24-10-8-23-9-11-24/h4-7,13,17,23H,8-12H2,1-3H3. The normalized spacial score (nSPS) is 18.7. The van der Waals surface area contributed by atoms with Crippen LogP contribution in [-0.2, 0) is 0 Å². The van der Waals surface area contributed by atoms with Gasteiger partial charge in [-0.3, -0.25) is 4.79 Å². The summed E-state index contributed by atoms with van der Waals surface area (Å²) >= 11 is 0. The number of nitrogens with one attached hydrogen (secondary N) is 1. The number of nitrogens with zero attached hydrogens (tertiary/aromatic N) is 1. The van der Waals surface area contributed by atoms with Crippen LogP contribution in [0.1, 0.15) is 28.4 Å². The van der Waals surface area contributed by atoms with E-state index in [1.165, 1.54) is 19.9 Å². The van der Waals surface area contributed by atoms with Gasteiger partial charge in [-0.2, -0.15) is 0 Å². The van der Waals surface area contributed by atoms with Crippen molar-refractivity contribution in [2.24, 2.45) is 0 Å². The first-order chi connectivity index (χ1) is 14.2. The second-order valence-corrected chi connectivity index (χ2v) is 7.08. The van der Waals surface area contributed by atoms with Crippen LogP contribution in [0.3, 0.4) is 0 Å². The molecule has 2 heterocycles. The summed E-state index contributed by atoms with van der Waals surface area (Å²) in [5, 5.41) is 3.36. The highest BCUT2D eigenvalue weighted by Crippen LogP contribution is 2.49. The van der Waals surface area contributed by atoms with Crippen LogP contribution in [0.25, 0.3) is 0 Å². The quantitative estimate of drug-likeness (QED) is 0.831. The summed E-state index contributed by atoms with van der Waals surface area (Å²) < 4.78 is 22.4. The van der Waals surface area contributed by atoms with Gasteiger partial charge in [0.2, 0.25) is 5.75 Å². The molecule has 0 saturated carbocycles. The third-order valence-corrected chi connectivity index (χ3v) is 5.46. The number of ketones is 1. The van der Waals surface area contributed by atoms with Gasteiger partial charge in [0.05, 0.1) is 27.8 Å². The fourth-order valence-electron chi connectivity index (χ4n) is 3.96. The molecular weight excluding hydrogens is 372 g/mol. The summed E-state index contributed by atoms with van der Waals surface area (Å²) in [7, 11) is 4.57. The van der Waals surface area contributed by atoms with Crippen LogP contribution in [0.15, 0.2) is 30.3 Å². The van der Waals surface area contributed by atoms with Crippen molar-refractivity contribution >= 4 is 11.5 Å². The zero-order valence-corrected chi connectivity index (χ0v) is 17.0. The maximum Gasteiger partial charge on any atom is 0.204 e. The molecular formula is C22H26N2O5. The topological polar surface area (TPSA) is 69.3 Å². The summed E-state index contributed by atoms with van der Waals surface area (Å²) in [6.07, 6.45) is -0.110. The molecule has 4 rings (SSSR count). The van der Waals surface area contributed by atoms with Crippen LogP contribution in [0.5, 0.6) is 23.0 Å². The van der Waals surface area contributed by atoms with Crippen LogP contribution in [0.2, 0.25) is 0 Å². The number of ether oxygens (including phenoxy) is 4. The van der Waals surface area contributed by atoms with Gasteiger partial charge in [0, 0.05) is 37.9 Å². The van der Waals surface area contributed by atoms with Crippen molar-refractivity contribution in [2.75, 3.05) is 52.4 Å². The Bertz CT molecular complexity index is 891. The van der Waals surface area contributed by atoms with E-state index in [1.807, 2.05) is 12.1 Å². The number of carbonyl (C=O) groups is 1. The third kappa shape index (κ3) is 3.58. The Labute approximate surface area is 170 Å². The Morgan fingerprint density at radius 1 is 1.00 bits per heavy atom. The highest BCUT2D eigenvalue weighted by atomic mass is 16.5. The lowest BCUT2D eigenvalue weighted by atomic mass is 9.95. The lowest BCUT2D eigenvalue weighted by molar-refractivity contribution is 0.0842. The Morgan fingerprint density at radius 2 is 1.69 bits per heavy atom. The van der Waals surface area contributed by atoms with Crippen LogP contribution in [0.4, 0.5) is 5.69 Å². The number of benzene rings is 2. The molecule has 0 amide bonds. The lowest BCUT2D eigenvalue weighted by Gasteiger charge is -2.30. The van der Waals surface area contributed by atoms with Gasteiger partial charge in [-0.25, -0.2) is 0 Å². The van der Waals surface area contributed by atoms with E-state index in [2.05, 4.69) is 22.3 Å². The summed E-state index contributed by atoms with van der Waals surface area (Å²) in [6, 6.07) is 9.96. The molecule has 2 aliphatic heterocycles. The number of methoxy groups -OCH3 is 3. The second-order valence-electron chi connectivity index (χ2n) is 7.08. The van der Waals surface area contributed by atoms with Gasteiger partial charge in [-0.05, 0) is 17.7 Å². The van der Waals surface area contributed by atoms with Gasteiger partial charge in [0.1, 0.15) is 17.4 Å². The van der Waals surface area contributed by atoms with Gasteiger partial charge in [0.15, 0.2) is 17.3 Å². The molecule has 7 nitrogen and oxygen atoms in total. The molecule has 2 aromatic rings. The highest BCUT2D eigenvalue weighted by Gasteiger charge is 2.34. The average Bonchev–Trinajstić information content (AvgIpc) is 2.78. The molecule has 2 aliphatic rings. The predicted octanol–water partition coefficient (Wildman–Crippen LogP) is 2.83. The van der Waals surface area contributed by atoms with E-state index >= 15 is 0 Å². The van der Waals surface area contributed by atoms with Crippen LogP contribution < -0.4 is 29.2 Å². The van der Waals surface area contributed by atoms with Crippen molar-refractivity contribution in [1.29, 1.82) is 0 Å². The monoisotopic (exact) mass is 398 g/mol. The highest BCUT2D eigenvalue weighted by molar-refractivity contribution is 6.04. The van der Waals surface area contributed by atoms with Crippen molar-refractivity contribution in [2.45, 2.75) is 12.5 Å². The van der Waals surface area contributed by atoms with Crippen molar-refractivity contribution < 1.29 is 23.7 Å². The molecule has 2 aromatic carbocycles. The molecule has 7 heteroatoms. The van der Waals surface area contributed by atoms with Gasteiger partial charge in [-0.1, -0.05) is 12.1 Å². The van der Waals surface area contributed by atoms with Gasteiger partial charge >= 0.3 is 0 Å². The molecule has 1 atom stereocenters. The molecule has 29 heavy (non-hydrogen) atoms. The number of carbonyl (C=O) groups excluding carboxylic acids is 1. The Hall–Kier alpha value is -2.93. The first-order valence-corrected chi connectivity index (χ1v) is 9.74. The maximum absolute atomic E-state index is 13.0. The molecule has 1 fully saturated rings. The van der Waals surface area contributed by atoms with E-state index in [9.17, 15) is 4.79 Å². The molecule has 0 bridgehead atoms. The van der Waals surface area contributed by atoms with Crippen LogP contribution >= 0.6 is 0 Å². The number of Topliss-reactive ketones (excluding diaryl/α,β-unsaturated/α-hetero) is 1. The molecule has 0 aromatic heterocycles. The van der Waals surface area contributed by atoms with E-state index in [4.69, 9.17) is 18.9 Å². The average molecular weight is 398 g/mol. The molecule has 0 radical (unpaired) electrons. The molecule has 154 valence electrons.